The smallest absolute Gasteiger partial charge is 0.342 e. The molecule has 0 aromatic carbocycles. The molecule has 0 saturated heterocycles. The summed E-state index contributed by atoms with van der Waals surface area (Å²) in [4.78, 5) is 19.7. The summed E-state index contributed by atoms with van der Waals surface area (Å²) in [6.45, 7) is 1.59. The van der Waals surface area contributed by atoms with E-state index in [4.69, 9.17) is 0 Å². The third-order valence-electron chi connectivity index (χ3n) is 2.76. The zero-order valence-electron chi connectivity index (χ0n) is 9.34. The van der Waals surface area contributed by atoms with Gasteiger partial charge < -0.3 is 4.55 Å². The molecule has 2 rings (SSSR count). The Morgan fingerprint density at radius 3 is 2.81 bits per heavy atom. The molecule has 2 atom stereocenters. The summed E-state index contributed by atoms with van der Waals surface area (Å²) in [6, 6.07) is 1.75. The number of carbonyl (C=O) groups is 1. The maximum absolute atomic E-state index is 11.6. The summed E-state index contributed by atoms with van der Waals surface area (Å²) < 4.78 is 11.3. The summed E-state index contributed by atoms with van der Waals surface area (Å²) in [7, 11) is 0. The van der Waals surface area contributed by atoms with Crippen molar-refractivity contribution in [3.05, 3.63) is 18.0 Å². The molecule has 1 aromatic rings. The third-order valence-corrected chi connectivity index (χ3v) is 3.47. The molecule has 0 aliphatic heterocycles. The lowest BCUT2D eigenvalue weighted by atomic mass is 9.95. The fraction of sp³-hybridized carbons (Fsp3) is 0.545. The topological polar surface area (TPSA) is 65.9 Å². The third kappa shape index (κ3) is 2.41. The van der Waals surface area contributed by atoms with E-state index in [0.29, 0.717) is 11.1 Å². The van der Waals surface area contributed by atoms with Crippen molar-refractivity contribution in [3.63, 3.8) is 0 Å². The monoisotopic (exact) mass is 238 g/mol. The number of ketones is 1. The van der Waals surface area contributed by atoms with Gasteiger partial charge in [-0.3, -0.25) is 4.79 Å². The van der Waals surface area contributed by atoms with Gasteiger partial charge in [0.25, 0.3) is 0 Å². The number of nitrogens with zero attached hydrogens (tertiary/aromatic N) is 2. The van der Waals surface area contributed by atoms with Crippen molar-refractivity contribution in [2.75, 3.05) is 6.26 Å². The Hall–Kier alpha value is -0.940. The molecule has 86 valence electrons. The fourth-order valence-electron chi connectivity index (χ4n) is 1.88. The van der Waals surface area contributed by atoms with E-state index in [0.717, 1.165) is 18.5 Å². The summed E-state index contributed by atoms with van der Waals surface area (Å²) in [5.74, 6) is 0.421. The van der Waals surface area contributed by atoms with Gasteiger partial charge in [-0.1, -0.05) is 0 Å². The van der Waals surface area contributed by atoms with Crippen molar-refractivity contribution in [2.24, 2.45) is 5.92 Å². The number of Topliss-reactive ketones (excluding diaryl/α,β-unsaturated/α-hetero) is 1. The van der Waals surface area contributed by atoms with Crippen molar-refractivity contribution in [1.29, 1.82) is 0 Å². The molecule has 5 heteroatoms. The normalized spacial score (nSPS) is 19.2. The maximum Gasteiger partial charge on any atom is 0.342 e. The highest BCUT2D eigenvalue weighted by molar-refractivity contribution is 7.90. The number of hydrogen-bond acceptors (Lipinski definition) is 4. The highest BCUT2D eigenvalue weighted by atomic mass is 32.2. The predicted octanol–water partition coefficient (Wildman–Crippen LogP) is 1.30. The Morgan fingerprint density at radius 1 is 1.62 bits per heavy atom. The molecule has 1 aromatic heterocycles. The van der Waals surface area contributed by atoms with E-state index < -0.39 is 11.2 Å². The maximum atomic E-state index is 11.6. The Morgan fingerprint density at radius 2 is 2.31 bits per heavy atom. The van der Waals surface area contributed by atoms with Crippen LogP contribution in [0, 0.1) is 5.92 Å². The lowest BCUT2D eigenvalue weighted by Crippen LogP contribution is -2.15. The molecule has 4 nitrogen and oxygen atoms in total. The lowest BCUT2D eigenvalue weighted by molar-refractivity contribution is -0.118. The zero-order chi connectivity index (χ0) is 11.7. The van der Waals surface area contributed by atoms with Gasteiger partial charge in [-0.15, -0.1) is 0 Å². The van der Waals surface area contributed by atoms with Gasteiger partial charge in [0.15, 0.2) is 0 Å². The van der Waals surface area contributed by atoms with E-state index in [9.17, 15) is 9.35 Å². The minimum absolute atomic E-state index is 0.133. The summed E-state index contributed by atoms with van der Waals surface area (Å²) in [6.07, 6.45) is 5.29. The molecule has 0 bridgehead atoms. The van der Waals surface area contributed by atoms with Crippen LogP contribution in [0.1, 0.15) is 31.4 Å². The van der Waals surface area contributed by atoms with E-state index >= 15 is 0 Å². The second-order valence-corrected chi connectivity index (χ2v) is 5.42. The first kappa shape index (κ1) is 11.5. The molecule has 2 unspecified atom stereocenters. The van der Waals surface area contributed by atoms with Crippen LogP contribution in [0.5, 0.6) is 0 Å². The summed E-state index contributed by atoms with van der Waals surface area (Å²) in [5, 5.41) is 0.310. The van der Waals surface area contributed by atoms with Gasteiger partial charge in [-0.25, -0.2) is 0 Å². The van der Waals surface area contributed by atoms with E-state index in [1.807, 2.05) is 0 Å². The first-order valence-corrected chi connectivity index (χ1v) is 6.82. The van der Waals surface area contributed by atoms with E-state index in [-0.39, 0.29) is 11.7 Å². The van der Waals surface area contributed by atoms with Gasteiger partial charge in [0.2, 0.25) is 0 Å². The fourth-order valence-corrected chi connectivity index (χ4v) is 2.32. The van der Waals surface area contributed by atoms with Gasteiger partial charge in [-0.05, 0) is 31.7 Å². The molecular formula is C11H14N2O2S. The highest BCUT2D eigenvalue weighted by Gasteiger charge is 2.36. The molecule has 1 fully saturated rings. The van der Waals surface area contributed by atoms with Crippen molar-refractivity contribution in [3.8, 4) is 0 Å². The van der Waals surface area contributed by atoms with Crippen molar-refractivity contribution in [2.45, 2.75) is 30.8 Å². The van der Waals surface area contributed by atoms with Gasteiger partial charge >= 0.3 is 5.16 Å². The largest absolute Gasteiger partial charge is 0.609 e. The van der Waals surface area contributed by atoms with Crippen LogP contribution >= 0.6 is 0 Å². The molecule has 1 aliphatic rings. The van der Waals surface area contributed by atoms with Crippen molar-refractivity contribution in [1.82, 2.24) is 9.97 Å². The van der Waals surface area contributed by atoms with Gasteiger partial charge in [0.1, 0.15) is 12.0 Å². The molecule has 0 radical (unpaired) electrons. The average Bonchev–Trinajstić information content (AvgIpc) is 3.02. The molecular weight excluding hydrogens is 224 g/mol. The minimum Gasteiger partial charge on any atom is -0.609 e. The first-order valence-electron chi connectivity index (χ1n) is 5.26. The molecule has 0 amide bonds. The van der Waals surface area contributed by atoms with Crippen LogP contribution in [0.15, 0.2) is 17.4 Å². The predicted molar refractivity (Wildman–Crippen MR) is 60.5 cm³/mol. The minimum atomic E-state index is -1.20. The molecule has 1 heterocycles. The standard InChI is InChI=1S/C11H14N2O2S/c1-7(14)10(8-3-4-8)9-5-6-12-11(13-9)16(2)15/h5-6,8,10H,3-4H2,1-2H3. The number of carbonyl (C=O) groups excluding carboxylic acids is 1. The molecule has 16 heavy (non-hydrogen) atoms. The van der Waals surface area contributed by atoms with Crippen LogP contribution < -0.4 is 0 Å². The van der Waals surface area contributed by atoms with Crippen molar-refractivity contribution < 1.29 is 9.35 Å². The Kier molecular flexibility index (Phi) is 3.25. The van der Waals surface area contributed by atoms with E-state index in [1.165, 1.54) is 0 Å². The van der Waals surface area contributed by atoms with E-state index in [2.05, 4.69) is 9.97 Å². The average molecular weight is 238 g/mol. The van der Waals surface area contributed by atoms with Gasteiger partial charge in [-0.2, -0.15) is 9.97 Å². The SMILES string of the molecule is CC(=O)C(c1ccnc([S+](C)[O-])n1)C1CC1. The van der Waals surface area contributed by atoms with Crippen LogP contribution in [-0.4, -0.2) is 26.6 Å². The van der Waals surface area contributed by atoms with Crippen LogP contribution in [0.25, 0.3) is 0 Å². The van der Waals surface area contributed by atoms with Crippen LogP contribution in [-0.2, 0) is 16.0 Å². The lowest BCUT2D eigenvalue weighted by Gasteiger charge is -2.12. The van der Waals surface area contributed by atoms with E-state index in [1.54, 1.807) is 25.4 Å². The summed E-state index contributed by atoms with van der Waals surface area (Å²) >= 11 is -1.20. The Balaban J connectivity index is 2.30. The van der Waals surface area contributed by atoms with Gasteiger partial charge in [0, 0.05) is 17.4 Å². The zero-order valence-corrected chi connectivity index (χ0v) is 10.2. The summed E-state index contributed by atoms with van der Waals surface area (Å²) in [5.41, 5.74) is 0.718. The quantitative estimate of drug-likeness (QED) is 0.585. The Bertz CT molecular complexity index is 405. The molecule has 1 aliphatic carbocycles. The second-order valence-electron chi connectivity index (χ2n) is 4.14. The van der Waals surface area contributed by atoms with Crippen LogP contribution in [0.2, 0.25) is 0 Å². The molecule has 0 N–H and O–H groups in total. The molecule has 0 spiro atoms. The highest BCUT2D eigenvalue weighted by Crippen LogP contribution is 2.42. The Labute approximate surface area is 97.7 Å². The first-order chi connectivity index (χ1) is 7.59. The van der Waals surface area contributed by atoms with Gasteiger partial charge in [0.05, 0.1) is 11.6 Å². The number of rotatable bonds is 4. The van der Waals surface area contributed by atoms with Crippen molar-refractivity contribution >= 4 is 17.0 Å². The van der Waals surface area contributed by atoms with Crippen LogP contribution in [0.3, 0.4) is 0 Å². The molecule has 1 saturated carbocycles. The van der Waals surface area contributed by atoms with Crippen LogP contribution in [0.4, 0.5) is 0 Å². The second kappa shape index (κ2) is 4.51. The number of hydrogen-bond donors (Lipinski definition) is 0. The number of aromatic nitrogens is 2.